The highest BCUT2D eigenvalue weighted by Gasteiger charge is 2.42. The van der Waals surface area contributed by atoms with Crippen molar-refractivity contribution in [3.8, 4) is 5.75 Å². The molecule has 1 heterocycles. The Hall–Kier alpha value is -2.75. The molecule has 1 N–H and O–H groups in total. The van der Waals surface area contributed by atoms with Gasteiger partial charge in [-0.1, -0.05) is 0 Å². The summed E-state index contributed by atoms with van der Waals surface area (Å²) in [5.41, 5.74) is -1.37. The summed E-state index contributed by atoms with van der Waals surface area (Å²) in [5.74, 6) is -0.248. The third-order valence-corrected chi connectivity index (χ3v) is 4.65. The fraction of sp³-hybridized carbons (Fsp3) is 0.278. The normalized spacial score (nSPS) is 16.4. The Labute approximate surface area is 160 Å². The van der Waals surface area contributed by atoms with Gasteiger partial charge in [-0.3, -0.25) is 14.4 Å². The van der Waals surface area contributed by atoms with Gasteiger partial charge in [-0.25, -0.2) is 8.42 Å². The van der Waals surface area contributed by atoms with Gasteiger partial charge >= 0.3 is 6.18 Å². The van der Waals surface area contributed by atoms with Crippen molar-refractivity contribution in [2.24, 2.45) is 0 Å². The summed E-state index contributed by atoms with van der Waals surface area (Å²) >= 11 is 0. The van der Waals surface area contributed by atoms with Gasteiger partial charge in [-0.15, -0.1) is 0 Å². The zero-order chi connectivity index (χ0) is 20.9. The molecule has 0 unspecified atom stereocenters. The predicted molar refractivity (Wildman–Crippen MR) is 98.2 cm³/mol. The number of anilines is 3. The van der Waals surface area contributed by atoms with Gasteiger partial charge in [0, 0.05) is 11.8 Å². The smallest absolute Gasteiger partial charge is 0.416 e. The molecule has 1 amide bonds. The van der Waals surface area contributed by atoms with Crippen LogP contribution in [-0.2, 0) is 21.0 Å². The van der Waals surface area contributed by atoms with Crippen LogP contribution in [0, 0.1) is 0 Å². The topological polar surface area (TPSA) is 75.7 Å². The van der Waals surface area contributed by atoms with E-state index in [2.05, 4.69) is 4.72 Å². The zero-order valence-electron chi connectivity index (χ0n) is 15.2. The molecule has 0 bridgehead atoms. The Kier molecular flexibility index (Phi) is 4.57. The van der Waals surface area contributed by atoms with E-state index in [9.17, 15) is 26.4 Å². The average Bonchev–Trinajstić information content (AvgIpc) is 2.54. The standard InChI is InChI=1S/C18H17F3N2O4S/c1-17(2)16(24)23(13-7-4-11(5-8-13)18(19,20)21)14-9-6-12(10-15(14)27-17)22-28(3,25)26/h4-10,22H,1-3H3. The first-order chi connectivity index (χ1) is 12.8. The van der Waals surface area contributed by atoms with Gasteiger partial charge in [0.2, 0.25) is 10.0 Å². The summed E-state index contributed by atoms with van der Waals surface area (Å²) < 4.78 is 69.4. The van der Waals surface area contributed by atoms with Gasteiger partial charge in [0.15, 0.2) is 5.60 Å². The number of nitrogens with zero attached hydrogens (tertiary/aromatic N) is 1. The van der Waals surface area contributed by atoms with Crippen molar-refractivity contribution in [2.45, 2.75) is 25.6 Å². The second kappa shape index (κ2) is 6.40. The number of alkyl halides is 3. The van der Waals surface area contributed by atoms with Crippen molar-refractivity contribution >= 4 is 33.0 Å². The van der Waals surface area contributed by atoms with Crippen molar-refractivity contribution in [1.82, 2.24) is 0 Å². The van der Waals surface area contributed by atoms with Crippen LogP contribution >= 0.6 is 0 Å². The van der Waals surface area contributed by atoms with E-state index in [0.29, 0.717) is 5.69 Å². The van der Waals surface area contributed by atoms with Crippen LogP contribution in [0.2, 0.25) is 0 Å². The summed E-state index contributed by atoms with van der Waals surface area (Å²) in [7, 11) is -3.52. The Morgan fingerprint density at radius 1 is 1.07 bits per heavy atom. The van der Waals surface area contributed by atoms with Crippen LogP contribution in [0.1, 0.15) is 19.4 Å². The second-order valence-electron chi connectivity index (χ2n) is 6.85. The fourth-order valence-electron chi connectivity index (χ4n) is 2.81. The molecule has 1 aliphatic rings. The number of halogens is 3. The van der Waals surface area contributed by atoms with E-state index in [-0.39, 0.29) is 17.1 Å². The highest BCUT2D eigenvalue weighted by atomic mass is 32.2. The highest BCUT2D eigenvalue weighted by molar-refractivity contribution is 7.92. The Morgan fingerprint density at radius 2 is 1.68 bits per heavy atom. The molecule has 0 radical (unpaired) electrons. The van der Waals surface area contributed by atoms with E-state index < -0.39 is 33.3 Å². The molecule has 6 nitrogen and oxygen atoms in total. The summed E-state index contributed by atoms with van der Waals surface area (Å²) in [6.45, 7) is 3.04. The molecule has 0 spiro atoms. The van der Waals surface area contributed by atoms with E-state index >= 15 is 0 Å². The number of nitrogens with one attached hydrogen (secondary N) is 1. The lowest BCUT2D eigenvalue weighted by Crippen LogP contribution is -2.50. The lowest BCUT2D eigenvalue weighted by molar-refractivity contribution is -0.137. The molecule has 2 aromatic rings. The van der Waals surface area contributed by atoms with Gasteiger partial charge in [0.25, 0.3) is 5.91 Å². The van der Waals surface area contributed by atoms with Crippen molar-refractivity contribution in [2.75, 3.05) is 15.9 Å². The molecular formula is C18H17F3N2O4S. The van der Waals surface area contributed by atoms with E-state index in [4.69, 9.17) is 4.74 Å². The average molecular weight is 414 g/mol. The minimum Gasteiger partial charge on any atom is -0.476 e. The Morgan fingerprint density at radius 3 is 2.21 bits per heavy atom. The molecular weight excluding hydrogens is 397 g/mol. The largest absolute Gasteiger partial charge is 0.476 e. The van der Waals surface area contributed by atoms with Crippen LogP contribution in [0.25, 0.3) is 0 Å². The quantitative estimate of drug-likeness (QED) is 0.826. The molecule has 0 saturated carbocycles. The highest BCUT2D eigenvalue weighted by Crippen LogP contribution is 2.43. The molecule has 150 valence electrons. The number of amides is 1. The number of carbonyl (C=O) groups excluding carboxylic acids is 1. The van der Waals surface area contributed by atoms with Crippen LogP contribution in [-0.4, -0.2) is 26.2 Å². The molecule has 0 atom stereocenters. The lowest BCUT2D eigenvalue weighted by atomic mass is 10.0. The number of carbonyl (C=O) groups is 1. The fourth-order valence-corrected chi connectivity index (χ4v) is 3.37. The van der Waals surface area contributed by atoms with Crippen LogP contribution in [0.3, 0.4) is 0 Å². The Bertz CT molecular complexity index is 1030. The minimum absolute atomic E-state index is 0.221. The first-order valence-corrected chi connectivity index (χ1v) is 10.00. The van der Waals surface area contributed by atoms with Crippen LogP contribution in [0.15, 0.2) is 42.5 Å². The number of ether oxygens (including phenoxy) is 1. The van der Waals surface area contributed by atoms with Crippen LogP contribution in [0.4, 0.5) is 30.2 Å². The van der Waals surface area contributed by atoms with E-state index in [1.165, 1.54) is 49.1 Å². The lowest BCUT2D eigenvalue weighted by Gasteiger charge is -2.39. The zero-order valence-corrected chi connectivity index (χ0v) is 16.0. The van der Waals surface area contributed by atoms with Crippen molar-refractivity contribution in [3.63, 3.8) is 0 Å². The summed E-state index contributed by atoms with van der Waals surface area (Å²) in [4.78, 5) is 14.1. The second-order valence-corrected chi connectivity index (χ2v) is 8.60. The molecule has 0 aromatic heterocycles. The first-order valence-electron chi connectivity index (χ1n) is 8.11. The van der Waals surface area contributed by atoms with E-state index in [0.717, 1.165) is 18.4 Å². The third kappa shape index (κ3) is 3.91. The maximum atomic E-state index is 12.9. The number of sulfonamides is 1. The van der Waals surface area contributed by atoms with Crippen molar-refractivity contribution in [3.05, 3.63) is 48.0 Å². The van der Waals surface area contributed by atoms with Gasteiger partial charge < -0.3 is 4.74 Å². The maximum Gasteiger partial charge on any atom is 0.416 e. The third-order valence-electron chi connectivity index (χ3n) is 4.04. The molecule has 0 fully saturated rings. The summed E-state index contributed by atoms with van der Waals surface area (Å²) in [6, 6.07) is 8.51. The number of fused-ring (bicyclic) bond motifs is 1. The molecule has 0 saturated heterocycles. The summed E-state index contributed by atoms with van der Waals surface area (Å²) in [5, 5.41) is 0. The first kappa shape index (κ1) is 20.0. The Balaban J connectivity index is 2.08. The van der Waals surface area contributed by atoms with Crippen molar-refractivity contribution in [1.29, 1.82) is 0 Å². The maximum absolute atomic E-state index is 12.9. The van der Waals surface area contributed by atoms with Gasteiger partial charge in [0.05, 0.1) is 23.2 Å². The minimum atomic E-state index is -4.49. The van der Waals surface area contributed by atoms with Crippen molar-refractivity contribution < 1.29 is 31.1 Å². The molecule has 2 aromatic carbocycles. The number of benzene rings is 2. The number of hydrogen-bond donors (Lipinski definition) is 1. The predicted octanol–water partition coefficient (Wildman–Crippen LogP) is 3.91. The van der Waals surface area contributed by atoms with Crippen LogP contribution < -0.4 is 14.4 Å². The van der Waals surface area contributed by atoms with E-state index in [1.54, 1.807) is 0 Å². The van der Waals surface area contributed by atoms with Gasteiger partial charge in [-0.05, 0) is 50.2 Å². The monoisotopic (exact) mass is 414 g/mol. The SMILES string of the molecule is CC1(C)Oc2cc(NS(C)(=O)=O)ccc2N(c2ccc(C(F)(F)F)cc2)C1=O. The summed E-state index contributed by atoms with van der Waals surface area (Å²) in [6.07, 6.45) is -3.49. The molecule has 28 heavy (non-hydrogen) atoms. The van der Waals surface area contributed by atoms with Gasteiger partial charge in [-0.2, -0.15) is 13.2 Å². The molecule has 0 aliphatic carbocycles. The number of rotatable bonds is 3. The van der Waals surface area contributed by atoms with Gasteiger partial charge in [0.1, 0.15) is 5.75 Å². The van der Waals surface area contributed by atoms with E-state index in [1.807, 2.05) is 0 Å². The molecule has 3 rings (SSSR count). The molecule has 1 aliphatic heterocycles. The van der Waals surface area contributed by atoms with Crippen LogP contribution in [0.5, 0.6) is 5.75 Å². The molecule has 10 heteroatoms. The number of hydrogen-bond acceptors (Lipinski definition) is 4.